The second-order valence-corrected chi connectivity index (χ2v) is 6.60. The summed E-state index contributed by atoms with van der Waals surface area (Å²) in [5.41, 5.74) is 0.461. The number of hydrogen-bond donors (Lipinski definition) is 2. The largest absolute Gasteiger partial charge is 0.497 e. The Morgan fingerprint density at radius 1 is 1.29 bits per heavy atom. The highest BCUT2D eigenvalue weighted by molar-refractivity contribution is 7.89. The molecule has 1 rings (SSSR count). The summed E-state index contributed by atoms with van der Waals surface area (Å²) in [6, 6.07) is 6.50. The summed E-state index contributed by atoms with van der Waals surface area (Å²) in [5.74, 6) is 0.211. The predicted octanol–water partition coefficient (Wildman–Crippen LogP) is 1.14. The molecule has 2 N–H and O–H groups in total. The lowest BCUT2D eigenvalue weighted by atomic mass is 10.2. The number of amides is 1. The minimum atomic E-state index is -3.37. The van der Waals surface area contributed by atoms with Gasteiger partial charge in [-0.2, -0.15) is 0 Å². The van der Waals surface area contributed by atoms with Crippen molar-refractivity contribution in [3.63, 3.8) is 0 Å². The van der Waals surface area contributed by atoms with E-state index in [-0.39, 0.29) is 24.2 Å². The average molecular weight is 314 g/mol. The third-order valence-electron chi connectivity index (χ3n) is 3.00. The van der Waals surface area contributed by atoms with E-state index in [0.717, 1.165) is 6.42 Å². The Morgan fingerprint density at radius 3 is 2.43 bits per heavy atom. The molecule has 0 bridgehead atoms. The van der Waals surface area contributed by atoms with Crippen LogP contribution in [-0.4, -0.2) is 39.8 Å². The zero-order chi connectivity index (χ0) is 15.9. The van der Waals surface area contributed by atoms with Crippen LogP contribution in [0.2, 0.25) is 0 Å². The summed E-state index contributed by atoms with van der Waals surface area (Å²) in [4.78, 5) is 11.8. The van der Waals surface area contributed by atoms with Gasteiger partial charge in [0.05, 0.1) is 12.9 Å². The lowest BCUT2D eigenvalue weighted by Gasteiger charge is -2.12. The van der Waals surface area contributed by atoms with E-state index >= 15 is 0 Å². The van der Waals surface area contributed by atoms with Crippen molar-refractivity contribution in [3.05, 3.63) is 29.8 Å². The fourth-order valence-electron chi connectivity index (χ4n) is 1.59. The van der Waals surface area contributed by atoms with E-state index in [1.807, 2.05) is 6.92 Å². The van der Waals surface area contributed by atoms with E-state index in [2.05, 4.69) is 10.0 Å². The number of carbonyl (C=O) groups excluding carboxylic acids is 1. The summed E-state index contributed by atoms with van der Waals surface area (Å²) < 4.78 is 31.0. The number of carbonyl (C=O) groups is 1. The predicted molar refractivity (Wildman–Crippen MR) is 82.0 cm³/mol. The van der Waals surface area contributed by atoms with Gasteiger partial charge in [0.1, 0.15) is 5.75 Å². The van der Waals surface area contributed by atoms with E-state index < -0.39 is 10.0 Å². The molecule has 1 atom stereocenters. The van der Waals surface area contributed by atoms with Crippen LogP contribution >= 0.6 is 0 Å². The summed E-state index contributed by atoms with van der Waals surface area (Å²) in [6.45, 7) is 3.77. The molecule has 0 radical (unpaired) electrons. The zero-order valence-electron chi connectivity index (χ0n) is 12.5. The van der Waals surface area contributed by atoms with E-state index in [9.17, 15) is 13.2 Å². The van der Waals surface area contributed by atoms with E-state index in [4.69, 9.17) is 4.74 Å². The number of rotatable bonds is 8. The molecule has 1 aromatic rings. The van der Waals surface area contributed by atoms with Gasteiger partial charge in [-0.25, -0.2) is 13.1 Å². The Kier molecular flexibility index (Phi) is 6.64. The molecule has 0 aromatic heterocycles. The minimum Gasteiger partial charge on any atom is -0.497 e. The number of benzene rings is 1. The van der Waals surface area contributed by atoms with E-state index in [0.29, 0.717) is 11.3 Å². The molecular weight excluding hydrogens is 292 g/mol. The van der Waals surface area contributed by atoms with Gasteiger partial charge < -0.3 is 10.1 Å². The van der Waals surface area contributed by atoms with Gasteiger partial charge in [0.2, 0.25) is 10.0 Å². The molecule has 21 heavy (non-hydrogen) atoms. The average Bonchev–Trinajstić information content (AvgIpc) is 2.46. The first-order valence-electron chi connectivity index (χ1n) is 6.80. The van der Waals surface area contributed by atoms with Crippen LogP contribution in [-0.2, 0) is 10.0 Å². The van der Waals surface area contributed by atoms with Gasteiger partial charge in [-0.3, -0.25) is 4.79 Å². The lowest BCUT2D eigenvalue weighted by molar-refractivity contribution is 0.0956. The molecule has 7 heteroatoms. The van der Waals surface area contributed by atoms with Crippen LogP contribution < -0.4 is 14.8 Å². The standard InChI is InChI=1S/C14H22N2O4S/c1-4-11(2)16-21(18,19)10-9-15-14(17)12-5-7-13(20-3)8-6-12/h5-8,11,16H,4,9-10H2,1-3H3,(H,15,17)/t11-/m1/s1. The third-order valence-corrected chi connectivity index (χ3v) is 4.50. The van der Waals surface area contributed by atoms with Crippen molar-refractivity contribution in [2.75, 3.05) is 19.4 Å². The second kappa shape index (κ2) is 7.99. The maximum Gasteiger partial charge on any atom is 0.251 e. The third kappa shape index (κ3) is 6.14. The molecule has 0 saturated heterocycles. The molecular formula is C14H22N2O4S. The molecule has 118 valence electrons. The Bertz CT molecular complexity index is 555. The number of methoxy groups -OCH3 is 1. The molecule has 0 unspecified atom stereocenters. The van der Waals surface area contributed by atoms with Gasteiger partial charge in [0.25, 0.3) is 5.91 Å². The second-order valence-electron chi connectivity index (χ2n) is 4.73. The van der Waals surface area contributed by atoms with Crippen LogP contribution in [0.3, 0.4) is 0 Å². The summed E-state index contributed by atoms with van der Waals surface area (Å²) in [6.07, 6.45) is 0.720. The highest BCUT2D eigenvalue weighted by Crippen LogP contribution is 2.10. The number of nitrogens with one attached hydrogen (secondary N) is 2. The number of sulfonamides is 1. The van der Waals surface area contributed by atoms with Crippen molar-refractivity contribution in [3.8, 4) is 5.75 Å². The molecule has 6 nitrogen and oxygen atoms in total. The SMILES string of the molecule is CC[C@@H](C)NS(=O)(=O)CCNC(=O)c1ccc(OC)cc1. The Labute approximate surface area is 125 Å². The maximum atomic E-state index is 11.8. The summed E-state index contributed by atoms with van der Waals surface area (Å²) in [5, 5.41) is 2.58. The molecule has 1 aromatic carbocycles. The Hall–Kier alpha value is -1.60. The van der Waals surface area contributed by atoms with Gasteiger partial charge >= 0.3 is 0 Å². The molecule has 0 fully saturated rings. The van der Waals surface area contributed by atoms with Crippen LogP contribution in [0, 0.1) is 0 Å². The molecule has 0 aliphatic rings. The van der Waals surface area contributed by atoms with Crippen LogP contribution in [0.4, 0.5) is 0 Å². The normalized spacial score (nSPS) is 12.7. The lowest BCUT2D eigenvalue weighted by Crippen LogP contribution is -2.38. The van der Waals surface area contributed by atoms with E-state index in [1.54, 1.807) is 38.3 Å². The molecule has 0 aliphatic heterocycles. The van der Waals surface area contributed by atoms with Crippen molar-refractivity contribution in [2.24, 2.45) is 0 Å². The Balaban J connectivity index is 2.46. The van der Waals surface area contributed by atoms with Gasteiger partial charge in [-0.15, -0.1) is 0 Å². The Morgan fingerprint density at radius 2 is 1.90 bits per heavy atom. The highest BCUT2D eigenvalue weighted by Gasteiger charge is 2.14. The van der Waals surface area contributed by atoms with Crippen molar-refractivity contribution < 1.29 is 17.9 Å². The first kappa shape index (κ1) is 17.5. The monoisotopic (exact) mass is 314 g/mol. The van der Waals surface area contributed by atoms with Gasteiger partial charge in [-0.05, 0) is 37.6 Å². The van der Waals surface area contributed by atoms with Gasteiger partial charge in [-0.1, -0.05) is 6.92 Å². The first-order chi connectivity index (χ1) is 9.88. The zero-order valence-corrected chi connectivity index (χ0v) is 13.4. The summed E-state index contributed by atoms with van der Waals surface area (Å²) >= 11 is 0. The van der Waals surface area contributed by atoms with Gasteiger partial charge in [0, 0.05) is 18.2 Å². The smallest absolute Gasteiger partial charge is 0.251 e. The number of ether oxygens (including phenoxy) is 1. The van der Waals surface area contributed by atoms with Crippen molar-refractivity contribution >= 4 is 15.9 Å². The number of hydrogen-bond acceptors (Lipinski definition) is 4. The van der Waals surface area contributed by atoms with Crippen LogP contribution in [0.1, 0.15) is 30.6 Å². The van der Waals surface area contributed by atoms with Gasteiger partial charge in [0.15, 0.2) is 0 Å². The molecule has 1 amide bonds. The molecule has 0 heterocycles. The van der Waals surface area contributed by atoms with Crippen LogP contribution in [0.15, 0.2) is 24.3 Å². The fourth-order valence-corrected chi connectivity index (χ4v) is 2.86. The quantitative estimate of drug-likeness (QED) is 0.753. The topological polar surface area (TPSA) is 84.5 Å². The minimum absolute atomic E-state index is 0.0661. The van der Waals surface area contributed by atoms with E-state index in [1.165, 1.54) is 0 Å². The van der Waals surface area contributed by atoms with Crippen LogP contribution in [0.5, 0.6) is 5.75 Å². The first-order valence-corrected chi connectivity index (χ1v) is 8.45. The van der Waals surface area contributed by atoms with Crippen molar-refractivity contribution in [1.29, 1.82) is 0 Å². The summed E-state index contributed by atoms with van der Waals surface area (Å²) in [7, 11) is -1.82. The molecule has 0 aliphatic carbocycles. The van der Waals surface area contributed by atoms with Crippen molar-refractivity contribution in [1.82, 2.24) is 10.0 Å². The fraction of sp³-hybridized carbons (Fsp3) is 0.500. The van der Waals surface area contributed by atoms with Crippen molar-refractivity contribution in [2.45, 2.75) is 26.3 Å². The molecule has 0 saturated carbocycles. The highest BCUT2D eigenvalue weighted by atomic mass is 32.2. The van der Waals surface area contributed by atoms with Crippen LogP contribution in [0.25, 0.3) is 0 Å². The molecule has 0 spiro atoms. The maximum absolute atomic E-state index is 11.8.